The maximum absolute atomic E-state index is 12.6. The number of nitrogens with one attached hydrogen (secondary N) is 1. The molecule has 2 amide bonds. The lowest BCUT2D eigenvalue weighted by atomic mass is 10.2. The number of aromatic nitrogens is 3. The Hall–Kier alpha value is -2.55. The van der Waals surface area contributed by atoms with Gasteiger partial charge in [0.15, 0.2) is 5.16 Å². The molecule has 1 saturated heterocycles. The second-order valence-corrected chi connectivity index (χ2v) is 8.97. The molecule has 2 aromatic rings. The highest BCUT2D eigenvalue weighted by atomic mass is 32.2. The van der Waals surface area contributed by atoms with E-state index in [0.717, 1.165) is 48.3 Å². The van der Waals surface area contributed by atoms with Gasteiger partial charge in [-0.05, 0) is 44.7 Å². The van der Waals surface area contributed by atoms with Gasteiger partial charge in [-0.2, -0.15) is 0 Å². The van der Waals surface area contributed by atoms with E-state index < -0.39 is 0 Å². The van der Waals surface area contributed by atoms with Crippen LogP contribution in [0.5, 0.6) is 0 Å². The van der Waals surface area contributed by atoms with Gasteiger partial charge in [0.25, 0.3) is 0 Å². The first-order chi connectivity index (χ1) is 14.5. The van der Waals surface area contributed by atoms with Gasteiger partial charge in [0.2, 0.25) is 17.8 Å². The van der Waals surface area contributed by atoms with Crippen molar-refractivity contribution < 1.29 is 9.59 Å². The van der Waals surface area contributed by atoms with Gasteiger partial charge in [0.1, 0.15) is 0 Å². The lowest BCUT2D eigenvalue weighted by Gasteiger charge is -2.18. The number of likely N-dealkylation sites (N-methyl/N-ethyl adjacent to an activating group) is 1. The largest absolute Gasteiger partial charge is 0.341 e. The van der Waals surface area contributed by atoms with Gasteiger partial charge in [-0.1, -0.05) is 29.5 Å². The van der Waals surface area contributed by atoms with E-state index in [-0.39, 0.29) is 24.1 Å². The third kappa shape index (κ3) is 4.95. The van der Waals surface area contributed by atoms with Crippen LogP contribution in [0.2, 0.25) is 0 Å². The number of aryl methyl sites for hydroxylation is 1. The number of benzene rings is 1. The number of nitrogens with zero attached hydrogens (tertiary/aromatic N) is 5. The molecule has 0 spiro atoms. The zero-order valence-corrected chi connectivity index (χ0v) is 18.3. The van der Waals surface area contributed by atoms with Crippen LogP contribution in [0.25, 0.3) is 0 Å². The van der Waals surface area contributed by atoms with Crippen LogP contribution < -0.4 is 10.2 Å². The fourth-order valence-electron chi connectivity index (χ4n) is 3.53. The number of anilines is 2. The van der Waals surface area contributed by atoms with Crippen molar-refractivity contribution in [2.45, 2.75) is 43.8 Å². The minimum Gasteiger partial charge on any atom is -0.341 e. The summed E-state index contributed by atoms with van der Waals surface area (Å²) in [5.41, 5.74) is 1.86. The normalized spacial score (nSPS) is 16.0. The zero-order valence-electron chi connectivity index (χ0n) is 17.5. The van der Waals surface area contributed by atoms with Gasteiger partial charge in [-0.15, -0.1) is 10.2 Å². The molecule has 0 radical (unpaired) electrons. The Morgan fingerprint density at radius 2 is 1.87 bits per heavy atom. The summed E-state index contributed by atoms with van der Waals surface area (Å²) in [7, 11) is 1.65. The van der Waals surface area contributed by atoms with Crippen LogP contribution in [0, 0.1) is 6.92 Å². The molecule has 2 heterocycles. The molecule has 30 heavy (non-hydrogen) atoms. The summed E-state index contributed by atoms with van der Waals surface area (Å²) in [5, 5.41) is 12.4. The summed E-state index contributed by atoms with van der Waals surface area (Å²) in [4.78, 5) is 28.6. The lowest BCUT2D eigenvalue weighted by molar-refractivity contribution is -0.131. The van der Waals surface area contributed by atoms with Crippen LogP contribution in [0.15, 0.2) is 29.4 Å². The van der Waals surface area contributed by atoms with Crippen LogP contribution >= 0.6 is 11.8 Å². The molecule has 0 unspecified atom stereocenters. The second-order valence-electron chi connectivity index (χ2n) is 8.03. The molecule has 0 atom stereocenters. The van der Waals surface area contributed by atoms with Gasteiger partial charge in [-0.25, -0.2) is 0 Å². The first kappa shape index (κ1) is 20.7. The Bertz CT molecular complexity index is 903. The fraction of sp³-hybridized carbons (Fsp3) is 0.524. The van der Waals surface area contributed by atoms with E-state index in [1.807, 2.05) is 31.2 Å². The molecule has 2 aliphatic rings. The Labute approximate surface area is 181 Å². The summed E-state index contributed by atoms with van der Waals surface area (Å²) in [5.74, 6) is 0.860. The molecule has 2 fully saturated rings. The monoisotopic (exact) mass is 428 g/mol. The number of hydrogen-bond donors (Lipinski definition) is 1. The van der Waals surface area contributed by atoms with Crippen LogP contribution in [0.1, 0.15) is 37.3 Å². The Morgan fingerprint density at radius 3 is 2.53 bits per heavy atom. The Balaban J connectivity index is 1.31. The Kier molecular flexibility index (Phi) is 6.26. The van der Waals surface area contributed by atoms with E-state index in [1.54, 1.807) is 7.05 Å². The lowest BCUT2D eigenvalue weighted by Crippen LogP contribution is -2.36. The maximum Gasteiger partial charge on any atom is 0.243 e. The highest BCUT2D eigenvalue weighted by molar-refractivity contribution is 7.99. The van der Waals surface area contributed by atoms with E-state index in [0.29, 0.717) is 6.04 Å². The summed E-state index contributed by atoms with van der Waals surface area (Å²) in [6.45, 7) is 4.05. The van der Waals surface area contributed by atoms with Crippen LogP contribution in [0.3, 0.4) is 0 Å². The summed E-state index contributed by atoms with van der Waals surface area (Å²) < 4.78 is 2.20. The average Bonchev–Trinajstić information content (AvgIpc) is 3.24. The molecule has 0 bridgehead atoms. The van der Waals surface area contributed by atoms with Crippen molar-refractivity contribution in [2.75, 3.05) is 42.7 Å². The molecular formula is C21H28N6O2S. The predicted octanol–water partition coefficient (Wildman–Crippen LogP) is 2.71. The number of thioether (sulfide) groups is 1. The van der Waals surface area contributed by atoms with Crippen molar-refractivity contribution in [3.63, 3.8) is 0 Å². The highest BCUT2D eigenvalue weighted by Crippen LogP contribution is 2.41. The molecule has 8 nitrogen and oxygen atoms in total. The van der Waals surface area contributed by atoms with E-state index >= 15 is 0 Å². The molecule has 1 saturated carbocycles. The van der Waals surface area contributed by atoms with E-state index in [2.05, 4.69) is 25.0 Å². The van der Waals surface area contributed by atoms with Gasteiger partial charge >= 0.3 is 0 Å². The molecule has 1 aliphatic carbocycles. The number of hydrogen-bond acceptors (Lipinski definition) is 6. The third-order valence-electron chi connectivity index (χ3n) is 5.41. The molecule has 1 aliphatic heterocycles. The summed E-state index contributed by atoms with van der Waals surface area (Å²) in [6, 6.07) is 8.04. The van der Waals surface area contributed by atoms with Crippen LogP contribution in [-0.2, 0) is 9.59 Å². The van der Waals surface area contributed by atoms with Gasteiger partial charge in [0, 0.05) is 31.9 Å². The molecule has 160 valence electrons. The first-order valence-corrected chi connectivity index (χ1v) is 11.4. The average molecular weight is 429 g/mol. The minimum atomic E-state index is -0.211. The summed E-state index contributed by atoms with van der Waals surface area (Å²) >= 11 is 1.40. The van der Waals surface area contributed by atoms with Gasteiger partial charge in [-0.3, -0.25) is 14.2 Å². The topological polar surface area (TPSA) is 83.4 Å². The van der Waals surface area contributed by atoms with Crippen molar-refractivity contribution in [1.29, 1.82) is 0 Å². The molecular weight excluding hydrogens is 400 g/mol. The van der Waals surface area contributed by atoms with Gasteiger partial charge in [0.05, 0.1) is 12.3 Å². The molecule has 1 N–H and O–H groups in total. The number of carbonyl (C=O) groups excluding carboxylic acids is 2. The second kappa shape index (κ2) is 9.07. The van der Waals surface area contributed by atoms with Gasteiger partial charge < -0.3 is 15.1 Å². The SMILES string of the molecule is Cc1ccc(NC(=O)CN(C)C(=O)CSc2nnc(N3CCCC3)n2C2CC2)cc1. The van der Waals surface area contributed by atoms with Crippen molar-refractivity contribution in [2.24, 2.45) is 0 Å². The molecule has 1 aromatic carbocycles. The van der Waals surface area contributed by atoms with E-state index in [9.17, 15) is 9.59 Å². The smallest absolute Gasteiger partial charge is 0.243 e. The number of rotatable bonds is 8. The van der Waals surface area contributed by atoms with Crippen LogP contribution in [0.4, 0.5) is 11.6 Å². The van der Waals surface area contributed by atoms with Crippen molar-refractivity contribution in [3.8, 4) is 0 Å². The highest BCUT2D eigenvalue weighted by Gasteiger charge is 2.32. The fourth-order valence-corrected chi connectivity index (χ4v) is 4.47. The van der Waals surface area contributed by atoms with Crippen molar-refractivity contribution in [1.82, 2.24) is 19.7 Å². The molecule has 4 rings (SSSR count). The first-order valence-electron chi connectivity index (χ1n) is 10.4. The molecule has 9 heteroatoms. The minimum absolute atomic E-state index is 0.0155. The zero-order chi connectivity index (χ0) is 21.1. The van der Waals surface area contributed by atoms with Crippen molar-refractivity contribution in [3.05, 3.63) is 29.8 Å². The van der Waals surface area contributed by atoms with E-state index in [4.69, 9.17) is 0 Å². The standard InChI is InChI=1S/C21H28N6O2S/c1-15-5-7-16(8-6-15)22-18(28)13-25(2)19(29)14-30-21-24-23-20(26-11-3-4-12-26)27(21)17-9-10-17/h5-8,17H,3-4,9-14H2,1-2H3,(H,22,28). The van der Waals surface area contributed by atoms with E-state index in [1.165, 1.54) is 29.5 Å². The maximum atomic E-state index is 12.6. The third-order valence-corrected chi connectivity index (χ3v) is 6.34. The van der Waals surface area contributed by atoms with Crippen LogP contribution in [-0.4, -0.2) is 63.9 Å². The number of amides is 2. The Morgan fingerprint density at radius 1 is 1.17 bits per heavy atom. The summed E-state index contributed by atoms with van der Waals surface area (Å²) in [6.07, 6.45) is 4.65. The predicted molar refractivity (Wildman–Crippen MR) is 118 cm³/mol. The molecule has 1 aromatic heterocycles. The quantitative estimate of drug-likeness (QED) is 0.651. The van der Waals surface area contributed by atoms with Crippen molar-refractivity contribution >= 4 is 35.2 Å². The number of carbonyl (C=O) groups is 2.